The highest BCUT2D eigenvalue weighted by molar-refractivity contribution is 5.83. The van der Waals surface area contributed by atoms with Gasteiger partial charge in [-0.3, -0.25) is 9.59 Å². The third-order valence-corrected chi connectivity index (χ3v) is 2.96. The van der Waals surface area contributed by atoms with Gasteiger partial charge in [-0.2, -0.15) is 0 Å². The number of carboxylic acid groups (broad SMARTS) is 1. The molecule has 1 rings (SSSR count). The molecule has 4 unspecified atom stereocenters. The van der Waals surface area contributed by atoms with Gasteiger partial charge in [0.2, 0.25) is 5.91 Å². The standard InChI is InChI=1S/C10H17NO4/c1-5-6(2)15-7(3)9(5)10(14)11-4-8(12)13/h5-7,9H,4H2,1-3H3,(H,11,14)(H,12,13). The molecule has 15 heavy (non-hydrogen) atoms. The molecular weight excluding hydrogens is 198 g/mol. The zero-order valence-corrected chi connectivity index (χ0v) is 9.19. The average Bonchev–Trinajstić information content (AvgIpc) is 2.37. The van der Waals surface area contributed by atoms with Crippen LogP contribution in [0.5, 0.6) is 0 Å². The van der Waals surface area contributed by atoms with E-state index in [4.69, 9.17) is 9.84 Å². The predicted molar refractivity (Wildman–Crippen MR) is 53.3 cm³/mol. The molecule has 86 valence electrons. The molecule has 5 heteroatoms. The summed E-state index contributed by atoms with van der Waals surface area (Å²) in [6.45, 7) is 5.37. The van der Waals surface area contributed by atoms with Crippen molar-refractivity contribution in [2.24, 2.45) is 11.8 Å². The Labute approximate surface area is 88.8 Å². The smallest absolute Gasteiger partial charge is 0.322 e. The highest BCUT2D eigenvalue weighted by atomic mass is 16.5. The van der Waals surface area contributed by atoms with Crippen LogP contribution in [0.1, 0.15) is 20.8 Å². The number of hydrogen-bond acceptors (Lipinski definition) is 3. The second-order valence-corrected chi connectivity index (χ2v) is 4.04. The molecule has 1 heterocycles. The van der Waals surface area contributed by atoms with Crippen molar-refractivity contribution >= 4 is 11.9 Å². The lowest BCUT2D eigenvalue weighted by atomic mass is 9.89. The van der Waals surface area contributed by atoms with E-state index in [-0.39, 0.29) is 36.5 Å². The van der Waals surface area contributed by atoms with Gasteiger partial charge in [-0.25, -0.2) is 0 Å². The molecule has 1 amide bonds. The van der Waals surface area contributed by atoms with E-state index in [1.54, 1.807) is 0 Å². The van der Waals surface area contributed by atoms with Gasteiger partial charge in [0.1, 0.15) is 6.54 Å². The summed E-state index contributed by atoms with van der Waals surface area (Å²) in [6, 6.07) is 0. The Morgan fingerprint density at radius 1 is 1.27 bits per heavy atom. The van der Waals surface area contributed by atoms with Crippen LogP contribution < -0.4 is 5.32 Å². The third-order valence-electron chi connectivity index (χ3n) is 2.96. The monoisotopic (exact) mass is 215 g/mol. The zero-order valence-electron chi connectivity index (χ0n) is 9.19. The first-order valence-corrected chi connectivity index (χ1v) is 5.08. The lowest BCUT2D eigenvalue weighted by Gasteiger charge is -2.16. The topological polar surface area (TPSA) is 75.6 Å². The summed E-state index contributed by atoms with van der Waals surface area (Å²) >= 11 is 0. The van der Waals surface area contributed by atoms with E-state index < -0.39 is 5.97 Å². The Balaban J connectivity index is 2.55. The number of rotatable bonds is 3. The predicted octanol–water partition coefficient (Wildman–Crippen LogP) is 0.247. The van der Waals surface area contributed by atoms with Crippen LogP contribution in [0.3, 0.4) is 0 Å². The van der Waals surface area contributed by atoms with Gasteiger partial charge in [0.25, 0.3) is 0 Å². The van der Waals surface area contributed by atoms with E-state index in [0.717, 1.165) is 0 Å². The number of carbonyl (C=O) groups is 2. The van der Waals surface area contributed by atoms with Crippen molar-refractivity contribution in [1.82, 2.24) is 5.32 Å². The normalized spacial score (nSPS) is 35.1. The summed E-state index contributed by atoms with van der Waals surface area (Å²) < 4.78 is 5.51. The Kier molecular flexibility index (Phi) is 3.68. The van der Waals surface area contributed by atoms with Gasteiger partial charge in [-0.05, 0) is 19.8 Å². The molecule has 1 aliphatic heterocycles. The van der Waals surface area contributed by atoms with Crippen molar-refractivity contribution in [3.05, 3.63) is 0 Å². The highest BCUT2D eigenvalue weighted by Gasteiger charge is 2.41. The van der Waals surface area contributed by atoms with Crippen molar-refractivity contribution < 1.29 is 19.4 Å². The summed E-state index contributed by atoms with van der Waals surface area (Å²) in [5, 5.41) is 10.8. The largest absolute Gasteiger partial charge is 0.480 e. The summed E-state index contributed by atoms with van der Waals surface area (Å²) in [5.41, 5.74) is 0. The second kappa shape index (κ2) is 4.61. The van der Waals surface area contributed by atoms with Gasteiger partial charge < -0.3 is 15.2 Å². The van der Waals surface area contributed by atoms with E-state index in [1.807, 2.05) is 20.8 Å². The SMILES string of the molecule is CC1OC(C)C(C(=O)NCC(=O)O)C1C. The molecule has 2 N–H and O–H groups in total. The lowest BCUT2D eigenvalue weighted by molar-refractivity contribution is -0.139. The first-order valence-electron chi connectivity index (χ1n) is 5.08. The molecule has 5 nitrogen and oxygen atoms in total. The summed E-state index contributed by atoms with van der Waals surface area (Å²) in [7, 11) is 0. The molecule has 1 aliphatic rings. The number of ether oxygens (including phenoxy) is 1. The molecule has 0 aromatic carbocycles. The average molecular weight is 215 g/mol. The number of aliphatic carboxylic acids is 1. The van der Waals surface area contributed by atoms with Crippen LogP contribution in [0.15, 0.2) is 0 Å². The van der Waals surface area contributed by atoms with Gasteiger partial charge in [0.05, 0.1) is 18.1 Å². The van der Waals surface area contributed by atoms with E-state index >= 15 is 0 Å². The van der Waals surface area contributed by atoms with Crippen LogP contribution in [0.25, 0.3) is 0 Å². The first-order chi connectivity index (χ1) is 6.93. The molecule has 0 radical (unpaired) electrons. The number of carbonyl (C=O) groups excluding carboxylic acids is 1. The maximum atomic E-state index is 11.7. The number of carboxylic acids is 1. The molecule has 0 bridgehead atoms. The van der Waals surface area contributed by atoms with E-state index in [9.17, 15) is 9.59 Å². The van der Waals surface area contributed by atoms with Crippen molar-refractivity contribution in [1.29, 1.82) is 0 Å². The molecule has 4 atom stereocenters. The van der Waals surface area contributed by atoms with Crippen molar-refractivity contribution in [2.45, 2.75) is 33.0 Å². The van der Waals surface area contributed by atoms with Crippen molar-refractivity contribution in [3.8, 4) is 0 Å². The van der Waals surface area contributed by atoms with Gasteiger partial charge in [0.15, 0.2) is 0 Å². The molecule has 0 spiro atoms. The summed E-state index contributed by atoms with van der Waals surface area (Å²) in [4.78, 5) is 22.0. The second-order valence-electron chi connectivity index (χ2n) is 4.04. The molecule has 0 aromatic heterocycles. The van der Waals surface area contributed by atoms with Gasteiger partial charge in [0, 0.05) is 0 Å². The quantitative estimate of drug-likeness (QED) is 0.707. The van der Waals surface area contributed by atoms with Crippen LogP contribution in [-0.2, 0) is 14.3 Å². The highest BCUT2D eigenvalue weighted by Crippen LogP contribution is 2.31. The van der Waals surface area contributed by atoms with Crippen molar-refractivity contribution in [2.75, 3.05) is 6.54 Å². The lowest BCUT2D eigenvalue weighted by Crippen LogP contribution is -2.39. The maximum Gasteiger partial charge on any atom is 0.322 e. The maximum absolute atomic E-state index is 11.7. The Morgan fingerprint density at radius 3 is 2.27 bits per heavy atom. The van der Waals surface area contributed by atoms with Crippen LogP contribution in [-0.4, -0.2) is 35.7 Å². The molecular formula is C10H17NO4. The van der Waals surface area contributed by atoms with Crippen LogP contribution in [0, 0.1) is 11.8 Å². The minimum atomic E-state index is -1.03. The first kappa shape index (κ1) is 12.0. The van der Waals surface area contributed by atoms with Gasteiger partial charge in [-0.1, -0.05) is 6.92 Å². The van der Waals surface area contributed by atoms with E-state index in [0.29, 0.717) is 0 Å². The number of nitrogens with one attached hydrogen (secondary N) is 1. The molecule has 1 fully saturated rings. The van der Waals surface area contributed by atoms with Crippen LogP contribution in [0.2, 0.25) is 0 Å². The minimum absolute atomic E-state index is 0.0422. The van der Waals surface area contributed by atoms with E-state index in [2.05, 4.69) is 5.32 Å². The number of amides is 1. The molecule has 0 aromatic rings. The zero-order chi connectivity index (χ0) is 11.6. The fourth-order valence-electron chi connectivity index (χ4n) is 2.00. The Morgan fingerprint density at radius 2 is 1.87 bits per heavy atom. The molecule has 1 saturated heterocycles. The summed E-state index contributed by atoms with van der Waals surface area (Å²) in [5.74, 6) is -1.40. The molecule has 0 aliphatic carbocycles. The third kappa shape index (κ3) is 2.68. The minimum Gasteiger partial charge on any atom is -0.480 e. The van der Waals surface area contributed by atoms with Gasteiger partial charge in [-0.15, -0.1) is 0 Å². The van der Waals surface area contributed by atoms with Gasteiger partial charge >= 0.3 is 5.97 Å². The Hall–Kier alpha value is -1.10. The fourth-order valence-corrected chi connectivity index (χ4v) is 2.00. The number of hydrogen-bond donors (Lipinski definition) is 2. The summed E-state index contributed by atoms with van der Waals surface area (Å²) in [6.07, 6.45) is -0.107. The fraction of sp³-hybridized carbons (Fsp3) is 0.800. The Bertz CT molecular complexity index is 266. The van der Waals surface area contributed by atoms with E-state index in [1.165, 1.54) is 0 Å². The van der Waals surface area contributed by atoms with Crippen LogP contribution in [0.4, 0.5) is 0 Å². The van der Waals surface area contributed by atoms with Crippen LogP contribution >= 0.6 is 0 Å². The van der Waals surface area contributed by atoms with Crippen molar-refractivity contribution in [3.63, 3.8) is 0 Å². The molecule has 0 saturated carbocycles.